The second-order valence-corrected chi connectivity index (χ2v) is 4.65. The van der Waals surface area contributed by atoms with Gasteiger partial charge in [0.2, 0.25) is 5.91 Å². The van der Waals surface area contributed by atoms with Crippen molar-refractivity contribution in [2.24, 2.45) is 0 Å². The minimum atomic E-state index is -0.300. The van der Waals surface area contributed by atoms with Gasteiger partial charge in [0.05, 0.1) is 6.42 Å². The predicted octanol–water partition coefficient (Wildman–Crippen LogP) is 2.60. The summed E-state index contributed by atoms with van der Waals surface area (Å²) < 4.78 is 13.0. The van der Waals surface area contributed by atoms with Gasteiger partial charge in [0.25, 0.3) is 0 Å². The van der Waals surface area contributed by atoms with Gasteiger partial charge >= 0.3 is 0 Å². The minimum absolute atomic E-state index is 0.0405. The molecule has 1 aliphatic rings. The molecule has 4 heteroatoms. The van der Waals surface area contributed by atoms with Gasteiger partial charge in [0.1, 0.15) is 5.82 Å². The number of benzene rings is 1. The molecule has 92 valence electrons. The number of halogens is 2. The van der Waals surface area contributed by atoms with Crippen LogP contribution in [0, 0.1) is 5.82 Å². The summed E-state index contributed by atoms with van der Waals surface area (Å²) >= 11 is 5.82. The van der Waals surface area contributed by atoms with Crippen LogP contribution < -0.4 is 0 Å². The Kier molecular flexibility index (Phi) is 4.00. The molecule has 1 heterocycles. The second-order valence-electron chi connectivity index (χ2n) is 4.34. The van der Waals surface area contributed by atoms with Crippen LogP contribution in [0.15, 0.2) is 24.3 Å². The monoisotopic (exact) mass is 255 g/mol. The molecule has 1 amide bonds. The molecule has 2 nitrogen and oxygen atoms in total. The van der Waals surface area contributed by atoms with Gasteiger partial charge in [-0.05, 0) is 30.5 Å². The van der Waals surface area contributed by atoms with Gasteiger partial charge in [-0.1, -0.05) is 12.1 Å². The van der Waals surface area contributed by atoms with Crippen LogP contribution in [0.1, 0.15) is 18.4 Å². The zero-order valence-corrected chi connectivity index (χ0v) is 10.3. The zero-order chi connectivity index (χ0) is 12.3. The van der Waals surface area contributed by atoms with Crippen LogP contribution in [0.2, 0.25) is 0 Å². The summed E-state index contributed by atoms with van der Waals surface area (Å²) in [7, 11) is 0. The summed E-state index contributed by atoms with van der Waals surface area (Å²) in [5.74, 6) is 0.221. The fourth-order valence-electron chi connectivity index (χ4n) is 2.25. The summed E-state index contributed by atoms with van der Waals surface area (Å²) in [6, 6.07) is 6.33. The number of amides is 1. The Labute approximate surface area is 105 Å². The number of carbonyl (C=O) groups excluding carboxylic acids is 1. The number of hydrogen-bond acceptors (Lipinski definition) is 1. The molecular formula is C13H15ClFNO. The summed E-state index contributed by atoms with van der Waals surface area (Å²) in [6.07, 6.45) is 2.23. The maximum atomic E-state index is 13.0. The Balaban J connectivity index is 2.01. The molecule has 2 rings (SSSR count). The highest BCUT2D eigenvalue weighted by Gasteiger charge is 2.27. The highest BCUT2D eigenvalue weighted by atomic mass is 35.5. The molecule has 1 fully saturated rings. The lowest BCUT2D eigenvalue weighted by molar-refractivity contribution is -0.130. The Morgan fingerprint density at radius 1 is 1.53 bits per heavy atom. The van der Waals surface area contributed by atoms with Crippen molar-refractivity contribution in [1.29, 1.82) is 0 Å². The standard InChI is InChI=1S/C13H15ClFNO/c14-9-12-5-2-6-16(12)13(17)8-10-3-1-4-11(15)7-10/h1,3-4,7,12H,2,5-6,8-9H2. The van der Waals surface area contributed by atoms with E-state index in [0.717, 1.165) is 24.9 Å². The maximum absolute atomic E-state index is 13.0. The van der Waals surface area contributed by atoms with Gasteiger partial charge in [-0.15, -0.1) is 11.6 Å². The molecule has 0 N–H and O–H groups in total. The van der Waals surface area contributed by atoms with Gasteiger partial charge < -0.3 is 4.90 Å². The lowest BCUT2D eigenvalue weighted by Crippen LogP contribution is -2.37. The van der Waals surface area contributed by atoms with E-state index in [2.05, 4.69) is 0 Å². The summed E-state index contributed by atoms with van der Waals surface area (Å²) in [5, 5.41) is 0. The molecule has 1 atom stereocenters. The Hall–Kier alpha value is -1.09. The number of hydrogen-bond donors (Lipinski definition) is 0. The molecule has 1 unspecified atom stereocenters. The van der Waals surface area contributed by atoms with E-state index in [4.69, 9.17) is 11.6 Å². The molecule has 0 bridgehead atoms. The molecule has 0 saturated carbocycles. The third-order valence-electron chi connectivity index (χ3n) is 3.12. The number of carbonyl (C=O) groups is 1. The van der Waals surface area contributed by atoms with Crippen LogP contribution in [-0.4, -0.2) is 29.3 Å². The first-order valence-corrected chi connectivity index (χ1v) is 6.34. The van der Waals surface area contributed by atoms with E-state index in [1.165, 1.54) is 12.1 Å². The highest BCUT2D eigenvalue weighted by molar-refractivity contribution is 6.18. The quantitative estimate of drug-likeness (QED) is 0.761. The van der Waals surface area contributed by atoms with Crippen LogP contribution in [0.25, 0.3) is 0 Å². The van der Waals surface area contributed by atoms with Crippen molar-refractivity contribution in [3.05, 3.63) is 35.6 Å². The topological polar surface area (TPSA) is 20.3 Å². The maximum Gasteiger partial charge on any atom is 0.227 e. The number of alkyl halides is 1. The third kappa shape index (κ3) is 2.97. The van der Waals surface area contributed by atoms with Crippen molar-refractivity contribution in [3.63, 3.8) is 0 Å². The number of likely N-dealkylation sites (tertiary alicyclic amines) is 1. The third-order valence-corrected chi connectivity index (χ3v) is 3.48. The van der Waals surface area contributed by atoms with Crippen molar-refractivity contribution in [2.75, 3.05) is 12.4 Å². The fourth-order valence-corrected chi connectivity index (χ4v) is 2.57. The van der Waals surface area contributed by atoms with Crippen LogP contribution in [-0.2, 0) is 11.2 Å². The average molecular weight is 256 g/mol. The van der Waals surface area contributed by atoms with E-state index >= 15 is 0 Å². The van der Waals surface area contributed by atoms with Gasteiger partial charge in [0, 0.05) is 18.5 Å². The molecule has 0 aliphatic carbocycles. The summed E-state index contributed by atoms with van der Waals surface area (Å²) in [4.78, 5) is 13.9. The molecule has 0 aromatic heterocycles. The molecular weight excluding hydrogens is 241 g/mol. The fraction of sp³-hybridized carbons (Fsp3) is 0.462. The van der Waals surface area contributed by atoms with Crippen LogP contribution in [0.3, 0.4) is 0 Å². The summed E-state index contributed by atoms with van der Waals surface area (Å²) in [5.41, 5.74) is 0.718. The lowest BCUT2D eigenvalue weighted by atomic mass is 10.1. The van der Waals surface area contributed by atoms with Gasteiger partial charge in [0.15, 0.2) is 0 Å². The van der Waals surface area contributed by atoms with E-state index in [-0.39, 0.29) is 24.2 Å². The van der Waals surface area contributed by atoms with Crippen molar-refractivity contribution in [3.8, 4) is 0 Å². The number of nitrogens with zero attached hydrogens (tertiary/aromatic N) is 1. The van der Waals surface area contributed by atoms with Gasteiger partial charge in [-0.2, -0.15) is 0 Å². The Morgan fingerprint density at radius 3 is 3.06 bits per heavy atom. The van der Waals surface area contributed by atoms with Crippen LogP contribution in [0.4, 0.5) is 4.39 Å². The van der Waals surface area contributed by atoms with E-state index in [1.54, 1.807) is 12.1 Å². The van der Waals surface area contributed by atoms with E-state index in [9.17, 15) is 9.18 Å². The molecule has 1 aromatic carbocycles. The van der Waals surface area contributed by atoms with Crippen molar-refractivity contribution in [1.82, 2.24) is 4.90 Å². The largest absolute Gasteiger partial charge is 0.338 e. The van der Waals surface area contributed by atoms with E-state index < -0.39 is 0 Å². The second kappa shape index (κ2) is 5.50. The average Bonchev–Trinajstić information content (AvgIpc) is 2.77. The van der Waals surface area contributed by atoms with E-state index in [0.29, 0.717) is 5.88 Å². The molecule has 0 spiro atoms. The van der Waals surface area contributed by atoms with Crippen LogP contribution >= 0.6 is 11.6 Å². The highest BCUT2D eigenvalue weighted by Crippen LogP contribution is 2.19. The number of rotatable bonds is 3. The SMILES string of the molecule is O=C(Cc1cccc(F)c1)N1CCCC1CCl. The Morgan fingerprint density at radius 2 is 2.35 bits per heavy atom. The van der Waals surface area contributed by atoms with E-state index in [1.807, 2.05) is 4.90 Å². The molecule has 0 radical (unpaired) electrons. The first-order chi connectivity index (χ1) is 8.20. The lowest BCUT2D eigenvalue weighted by Gasteiger charge is -2.22. The minimum Gasteiger partial charge on any atom is -0.338 e. The van der Waals surface area contributed by atoms with Crippen molar-refractivity contribution >= 4 is 17.5 Å². The molecule has 1 aliphatic heterocycles. The van der Waals surface area contributed by atoms with Crippen molar-refractivity contribution < 1.29 is 9.18 Å². The first kappa shape index (κ1) is 12.4. The summed E-state index contributed by atoms with van der Waals surface area (Å²) in [6.45, 7) is 0.769. The molecule has 1 saturated heterocycles. The molecule has 17 heavy (non-hydrogen) atoms. The first-order valence-electron chi connectivity index (χ1n) is 5.80. The molecule has 1 aromatic rings. The van der Waals surface area contributed by atoms with Gasteiger partial charge in [-0.25, -0.2) is 4.39 Å². The normalized spacial score (nSPS) is 19.6. The smallest absolute Gasteiger partial charge is 0.227 e. The van der Waals surface area contributed by atoms with Gasteiger partial charge in [-0.3, -0.25) is 4.79 Å². The van der Waals surface area contributed by atoms with Crippen LogP contribution in [0.5, 0.6) is 0 Å². The zero-order valence-electron chi connectivity index (χ0n) is 9.53. The predicted molar refractivity (Wildman–Crippen MR) is 65.6 cm³/mol. The Bertz CT molecular complexity index is 410. The van der Waals surface area contributed by atoms with Crippen molar-refractivity contribution in [2.45, 2.75) is 25.3 Å².